The second-order valence-electron chi connectivity index (χ2n) is 12.1. The summed E-state index contributed by atoms with van der Waals surface area (Å²) in [4.78, 5) is 31.5. The number of carbonyl (C=O) groups excluding carboxylic acids is 1. The molecule has 1 aromatic carbocycles. The van der Waals surface area contributed by atoms with Crippen molar-refractivity contribution in [1.82, 2.24) is 9.88 Å². The van der Waals surface area contributed by atoms with Crippen LogP contribution in [0.1, 0.15) is 94.0 Å². The number of benzene rings is 1. The first-order chi connectivity index (χ1) is 18.8. The summed E-state index contributed by atoms with van der Waals surface area (Å²) in [5.41, 5.74) is 1.84. The van der Waals surface area contributed by atoms with Gasteiger partial charge in [-0.1, -0.05) is 51.2 Å². The number of aryl methyl sites for hydroxylation is 1. The number of hydrogen-bond acceptors (Lipinski definition) is 5. The number of likely N-dealkylation sites (tertiary alicyclic amines) is 1. The maximum absolute atomic E-state index is 12.9. The molecule has 1 saturated heterocycles. The highest BCUT2D eigenvalue weighted by Crippen LogP contribution is 2.39. The van der Waals surface area contributed by atoms with Gasteiger partial charge in [-0.2, -0.15) is 0 Å². The number of oxazole rings is 1. The topological polar surface area (TPSA) is 92.9 Å². The molecule has 7 heteroatoms. The van der Waals surface area contributed by atoms with Crippen molar-refractivity contribution in [2.24, 2.45) is 11.8 Å². The molecule has 0 unspecified atom stereocenters. The Kier molecular flexibility index (Phi) is 8.43. The molecule has 7 nitrogen and oxygen atoms in total. The maximum atomic E-state index is 12.9. The fourth-order valence-corrected chi connectivity index (χ4v) is 6.66. The lowest BCUT2D eigenvalue weighted by Crippen LogP contribution is -2.29. The van der Waals surface area contributed by atoms with E-state index in [-0.39, 0.29) is 23.3 Å². The third-order valence-electron chi connectivity index (χ3n) is 9.14. The van der Waals surface area contributed by atoms with Crippen LogP contribution in [0.4, 0.5) is 0 Å². The number of rotatable bonds is 9. The van der Waals surface area contributed by atoms with Crippen LogP contribution in [0.15, 0.2) is 34.3 Å². The van der Waals surface area contributed by atoms with Crippen LogP contribution in [0, 0.1) is 18.8 Å². The molecule has 5 rings (SSSR count). The van der Waals surface area contributed by atoms with Gasteiger partial charge in [0.05, 0.1) is 18.7 Å². The molecule has 0 spiro atoms. The fraction of sp³-hybridized carbons (Fsp3) is 0.594. The van der Waals surface area contributed by atoms with Gasteiger partial charge in [0.15, 0.2) is 0 Å². The Morgan fingerprint density at radius 1 is 1.08 bits per heavy atom. The van der Waals surface area contributed by atoms with Crippen LogP contribution in [0.25, 0.3) is 6.08 Å². The Morgan fingerprint density at radius 3 is 2.38 bits per heavy atom. The van der Waals surface area contributed by atoms with E-state index in [1.165, 1.54) is 44.9 Å². The Morgan fingerprint density at radius 2 is 1.74 bits per heavy atom. The molecule has 2 heterocycles. The van der Waals surface area contributed by atoms with Crippen LogP contribution in [-0.4, -0.2) is 46.6 Å². The van der Waals surface area contributed by atoms with Gasteiger partial charge in [-0.05, 0) is 68.2 Å². The lowest BCUT2D eigenvalue weighted by molar-refractivity contribution is -0.136. The van der Waals surface area contributed by atoms with Gasteiger partial charge in [0.2, 0.25) is 11.8 Å². The Balaban J connectivity index is 1.14. The molecule has 0 radical (unpaired) electrons. The second-order valence-corrected chi connectivity index (χ2v) is 12.1. The molecule has 1 N–H and O–H groups in total. The Bertz CT molecular complexity index is 1180. The minimum atomic E-state index is -1.05. The molecular formula is C32H42N2O5. The van der Waals surface area contributed by atoms with E-state index in [0.29, 0.717) is 30.6 Å². The summed E-state index contributed by atoms with van der Waals surface area (Å²) in [6.07, 6.45) is 13.0. The summed E-state index contributed by atoms with van der Waals surface area (Å²) in [5, 5.41) is 9.76. The Hall–Kier alpha value is -3.09. The number of amides is 1. The third kappa shape index (κ3) is 6.56. The van der Waals surface area contributed by atoms with Crippen molar-refractivity contribution in [1.29, 1.82) is 0 Å². The quantitative estimate of drug-likeness (QED) is 0.378. The average molecular weight is 535 g/mol. The number of carboxylic acids is 1. The highest BCUT2D eigenvalue weighted by atomic mass is 16.5. The molecule has 1 aromatic heterocycles. The number of carboxylic acid groups (broad SMARTS) is 1. The van der Waals surface area contributed by atoms with E-state index in [4.69, 9.17) is 14.1 Å². The van der Waals surface area contributed by atoms with Crippen LogP contribution in [-0.2, 0) is 21.4 Å². The van der Waals surface area contributed by atoms with Crippen LogP contribution in [0.2, 0.25) is 0 Å². The predicted molar refractivity (Wildman–Crippen MR) is 150 cm³/mol. The molecule has 2 aliphatic carbocycles. The molecule has 39 heavy (non-hydrogen) atoms. The highest BCUT2D eigenvalue weighted by molar-refractivity contribution is 5.98. The van der Waals surface area contributed by atoms with Gasteiger partial charge in [0.1, 0.15) is 11.5 Å². The van der Waals surface area contributed by atoms with E-state index in [2.05, 4.69) is 6.92 Å². The van der Waals surface area contributed by atoms with Crippen molar-refractivity contribution in [3.8, 4) is 5.75 Å². The number of ether oxygens (including phenoxy) is 1. The van der Waals surface area contributed by atoms with Crippen LogP contribution in [0.3, 0.4) is 0 Å². The summed E-state index contributed by atoms with van der Waals surface area (Å²) >= 11 is 0. The van der Waals surface area contributed by atoms with Crippen molar-refractivity contribution in [3.05, 3.63) is 52.7 Å². The largest absolute Gasteiger partial charge is 0.493 e. The number of nitrogens with zero attached hydrogens (tertiary/aromatic N) is 2. The van der Waals surface area contributed by atoms with Gasteiger partial charge >= 0.3 is 5.97 Å². The van der Waals surface area contributed by atoms with Crippen molar-refractivity contribution < 1.29 is 23.8 Å². The number of fused-ring (bicyclic) bond motifs is 1. The van der Waals surface area contributed by atoms with Crippen LogP contribution < -0.4 is 4.74 Å². The lowest BCUT2D eigenvalue weighted by atomic mass is 9.76. The normalized spacial score (nSPS) is 22.9. The summed E-state index contributed by atoms with van der Waals surface area (Å²) in [6.45, 7) is 6.26. The molecule has 3 fully saturated rings. The van der Waals surface area contributed by atoms with Crippen molar-refractivity contribution in [2.75, 3.05) is 19.7 Å². The van der Waals surface area contributed by atoms with E-state index in [0.717, 1.165) is 48.8 Å². The zero-order valence-electron chi connectivity index (χ0n) is 23.4. The molecule has 2 aromatic rings. The zero-order chi connectivity index (χ0) is 27.4. The standard InChI is InChI=1S/C32H42N2O5/c1-22-28(33-31(39-22)32(2)15-6-3-7-16-32)14-17-38-27-12-10-23(11-13-27)18-26(30(36)37)19-29(35)34-20-24-8-4-5-9-25(24)21-34/h10-13,18,24-25H,3-9,14-17,19-21H2,1-2H3,(H,36,37)/b26-18+/t24-,25+. The van der Waals surface area contributed by atoms with E-state index in [1.54, 1.807) is 6.08 Å². The molecule has 210 valence electrons. The number of aliphatic carboxylic acids is 1. The van der Waals surface area contributed by atoms with Crippen molar-refractivity contribution in [2.45, 2.75) is 89.9 Å². The first-order valence-electron chi connectivity index (χ1n) is 14.7. The van der Waals surface area contributed by atoms with E-state index >= 15 is 0 Å². The smallest absolute Gasteiger partial charge is 0.332 e. The highest BCUT2D eigenvalue weighted by Gasteiger charge is 2.37. The molecule has 0 bridgehead atoms. The summed E-state index contributed by atoms with van der Waals surface area (Å²) in [6, 6.07) is 7.33. The van der Waals surface area contributed by atoms with Crippen LogP contribution >= 0.6 is 0 Å². The monoisotopic (exact) mass is 534 g/mol. The number of carbonyl (C=O) groups is 2. The molecule has 2 atom stereocenters. The minimum Gasteiger partial charge on any atom is -0.493 e. The molecule has 3 aliphatic rings. The van der Waals surface area contributed by atoms with Gasteiger partial charge < -0.3 is 19.2 Å². The zero-order valence-corrected chi connectivity index (χ0v) is 23.4. The third-order valence-corrected chi connectivity index (χ3v) is 9.14. The van der Waals surface area contributed by atoms with Crippen molar-refractivity contribution in [3.63, 3.8) is 0 Å². The predicted octanol–water partition coefficient (Wildman–Crippen LogP) is 6.33. The van der Waals surface area contributed by atoms with Gasteiger partial charge in [0.25, 0.3) is 0 Å². The fourth-order valence-electron chi connectivity index (χ4n) is 6.66. The lowest BCUT2D eigenvalue weighted by Gasteiger charge is -2.30. The van der Waals surface area contributed by atoms with Gasteiger partial charge in [0, 0.05) is 30.5 Å². The summed E-state index contributed by atoms with van der Waals surface area (Å²) in [7, 11) is 0. The van der Waals surface area contributed by atoms with Crippen LogP contribution in [0.5, 0.6) is 5.75 Å². The average Bonchev–Trinajstić information content (AvgIpc) is 3.54. The molecular weight excluding hydrogens is 492 g/mol. The SMILES string of the molecule is Cc1oc(C2(C)CCCCC2)nc1CCOc1ccc(/C=C(\CC(=O)N2C[C@H]3CCCC[C@H]3C2)C(=O)O)cc1. The van der Waals surface area contributed by atoms with E-state index < -0.39 is 5.97 Å². The first-order valence-corrected chi connectivity index (χ1v) is 14.7. The second kappa shape index (κ2) is 12.0. The van der Waals surface area contributed by atoms with E-state index in [1.807, 2.05) is 36.1 Å². The number of hydrogen-bond donors (Lipinski definition) is 1. The number of aromatic nitrogens is 1. The maximum Gasteiger partial charge on any atom is 0.332 e. The molecule has 1 aliphatic heterocycles. The first kappa shape index (κ1) is 27.5. The van der Waals surface area contributed by atoms with Gasteiger partial charge in [-0.3, -0.25) is 4.79 Å². The Labute approximate surface area is 231 Å². The molecule has 2 saturated carbocycles. The minimum absolute atomic E-state index is 0.0394. The van der Waals surface area contributed by atoms with Crippen molar-refractivity contribution >= 4 is 18.0 Å². The van der Waals surface area contributed by atoms with Gasteiger partial charge in [-0.15, -0.1) is 0 Å². The van der Waals surface area contributed by atoms with E-state index in [9.17, 15) is 14.7 Å². The summed E-state index contributed by atoms with van der Waals surface area (Å²) in [5.74, 6) is 2.48. The summed E-state index contributed by atoms with van der Waals surface area (Å²) < 4.78 is 12.0. The van der Waals surface area contributed by atoms with Gasteiger partial charge in [-0.25, -0.2) is 9.78 Å². The molecule has 1 amide bonds.